The average molecular weight is 410 g/mol. The van der Waals surface area contributed by atoms with Gasteiger partial charge in [0.25, 0.3) is 0 Å². The second-order valence-corrected chi connectivity index (χ2v) is 9.09. The maximum atomic E-state index is 5.80. The Balaban J connectivity index is 1.37. The number of rotatable bonds is 9. The van der Waals surface area contributed by atoms with Gasteiger partial charge in [-0.2, -0.15) is 0 Å². The maximum Gasteiger partial charge on any atom is 0.191 e. The van der Waals surface area contributed by atoms with Gasteiger partial charge in [-0.25, -0.2) is 0 Å². The van der Waals surface area contributed by atoms with Crippen LogP contribution in [0.3, 0.4) is 0 Å². The van der Waals surface area contributed by atoms with Crippen molar-refractivity contribution in [2.75, 3.05) is 79.8 Å². The molecule has 1 unspecified atom stereocenters. The van der Waals surface area contributed by atoms with Crippen molar-refractivity contribution in [2.24, 2.45) is 10.9 Å². The quantitative estimate of drug-likeness (QED) is 0.342. The number of likely N-dealkylation sites (tertiary alicyclic amines) is 2. The van der Waals surface area contributed by atoms with Crippen LogP contribution in [0.2, 0.25) is 0 Å². The van der Waals surface area contributed by atoms with Crippen LogP contribution < -0.4 is 10.6 Å². The molecule has 0 amide bonds. The Morgan fingerprint density at radius 3 is 2.62 bits per heavy atom. The highest BCUT2D eigenvalue weighted by atomic mass is 16.5. The second-order valence-electron chi connectivity index (χ2n) is 9.09. The molecule has 0 radical (unpaired) electrons. The Morgan fingerprint density at radius 1 is 1.14 bits per heavy atom. The zero-order chi connectivity index (χ0) is 20.4. The van der Waals surface area contributed by atoms with Crippen LogP contribution in [0.4, 0.5) is 0 Å². The SMILES string of the molecule is CN=C(NCCCOCC1CCOC1)NCC1(N2CCCCC2)CCN(C)CC1. The fourth-order valence-corrected chi connectivity index (χ4v) is 4.82. The van der Waals surface area contributed by atoms with E-state index in [2.05, 4.69) is 32.5 Å². The van der Waals surface area contributed by atoms with E-state index >= 15 is 0 Å². The zero-order valence-corrected chi connectivity index (χ0v) is 18.8. The van der Waals surface area contributed by atoms with Crippen LogP contribution in [0.25, 0.3) is 0 Å². The summed E-state index contributed by atoms with van der Waals surface area (Å²) >= 11 is 0. The Labute approximate surface area is 177 Å². The van der Waals surface area contributed by atoms with Crippen molar-refractivity contribution in [3.63, 3.8) is 0 Å². The van der Waals surface area contributed by atoms with Crippen molar-refractivity contribution >= 4 is 5.96 Å². The number of nitrogens with one attached hydrogen (secondary N) is 2. The summed E-state index contributed by atoms with van der Waals surface area (Å²) in [7, 11) is 4.12. The topological polar surface area (TPSA) is 61.4 Å². The summed E-state index contributed by atoms with van der Waals surface area (Å²) < 4.78 is 11.2. The van der Waals surface area contributed by atoms with E-state index in [1.807, 2.05) is 7.05 Å². The summed E-state index contributed by atoms with van der Waals surface area (Å²) in [4.78, 5) is 9.69. The number of hydrogen-bond donors (Lipinski definition) is 2. The molecule has 3 aliphatic heterocycles. The molecule has 3 aliphatic rings. The van der Waals surface area contributed by atoms with E-state index in [0.29, 0.717) is 5.92 Å². The lowest BCUT2D eigenvalue weighted by Gasteiger charge is -2.50. The van der Waals surface area contributed by atoms with Crippen LogP contribution in [0.15, 0.2) is 4.99 Å². The van der Waals surface area contributed by atoms with Gasteiger partial charge >= 0.3 is 0 Å². The number of guanidine groups is 1. The van der Waals surface area contributed by atoms with Gasteiger partial charge in [-0.05, 0) is 71.8 Å². The van der Waals surface area contributed by atoms with Crippen molar-refractivity contribution in [1.29, 1.82) is 0 Å². The largest absolute Gasteiger partial charge is 0.381 e. The predicted molar refractivity (Wildman–Crippen MR) is 119 cm³/mol. The van der Waals surface area contributed by atoms with Crippen molar-refractivity contribution in [2.45, 2.75) is 50.5 Å². The van der Waals surface area contributed by atoms with Crippen molar-refractivity contribution in [3.05, 3.63) is 0 Å². The highest BCUT2D eigenvalue weighted by Crippen LogP contribution is 2.30. The number of piperidine rings is 2. The minimum atomic E-state index is 0.275. The first-order chi connectivity index (χ1) is 14.2. The highest BCUT2D eigenvalue weighted by molar-refractivity contribution is 5.79. The smallest absolute Gasteiger partial charge is 0.191 e. The summed E-state index contributed by atoms with van der Waals surface area (Å²) in [5.41, 5.74) is 0.275. The molecule has 0 bridgehead atoms. The fourth-order valence-electron chi connectivity index (χ4n) is 4.82. The van der Waals surface area contributed by atoms with Gasteiger partial charge in [0.05, 0.1) is 13.2 Å². The lowest BCUT2D eigenvalue weighted by atomic mass is 9.84. The van der Waals surface area contributed by atoms with Crippen molar-refractivity contribution in [3.8, 4) is 0 Å². The molecule has 3 rings (SSSR count). The van der Waals surface area contributed by atoms with Gasteiger partial charge in [0.2, 0.25) is 0 Å². The summed E-state index contributed by atoms with van der Waals surface area (Å²) in [5.74, 6) is 1.52. The van der Waals surface area contributed by atoms with Gasteiger partial charge in [0.1, 0.15) is 0 Å². The second kappa shape index (κ2) is 12.1. The van der Waals surface area contributed by atoms with Gasteiger partial charge in [0.15, 0.2) is 5.96 Å². The Morgan fingerprint density at radius 2 is 1.93 bits per heavy atom. The van der Waals surface area contributed by atoms with Crippen LogP contribution in [0.5, 0.6) is 0 Å². The molecule has 0 aromatic rings. The highest BCUT2D eigenvalue weighted by Gasteiger charge is 2.39. The lowest BCUT2D eigenvalue weighted by Crippen LogP contribution is -2.62. The van der Waals surface area contributed by atoms with Crippen molar-refractivity contribution in [1.82, 2.24) is 20.4 Å². The van der Waals surface area contributed by atoms with E-state index in [1.165, 1.54) is 58.3 Å². The van der Waals surface area contributed by atoms with E-state index in [-0.39, 0.29) is 5.54 Å². The lowest BCUT2D eigenvalue weighted by molar-refractivity contribution is 0.0173. The molecule has 3 saturated heterocycles. The van der Waals surface area contributed by atoms with E-state index in [4.69, 9.17) is 9.47 Å². The molecule has 3 fully saturated rings. The Hall–Kier alpha value is -0.890. The van der Waals surface area contributed by atoms with Gasteiger partial charge in [-0.3, -0.25) is 9.89 Å². The van der Waals surface area contributed by atoms with E-state index in [9.17, 15) is 0 Å². The molecule has 0 aliphatic carbocycles. The van der Waals surface area contributed by atoms with Crippen LogP contribution in [-0.4, -0.2) is 101 Å². The van der Waals surface area contributed by atoms with E-state index < -0.39 is 0 Å². The molecule has 0 saturated carbocycles. The predicted octanol–water partition coefficient (Wildman–Crippen LogP) is 1.54. The molecule has 168 valence electrons. The first-order valence-corrected chi connectivity index (χ1v) is 11.8. The van der Waals surface area contributed by atoms with Crippen LogP contribution in [0, 0.1) is 5.92 Å². The summed E-state index contributed by atoms with van der Waals surface area (Å²) in [6, 6.07) is 0. The minimum Gasteiger partial charge on any atom is -0.381 e. The molecule has 0 aromatic carbocycles. The Bertz CT molecular complexity index is 482. The summed E-state index contributed by atoms with van der Waals surface area (Å²) in [6.45, 7) is 10.1. The van der Waals surface area contributed by atoms with E-state index in [0.717, 1.165) is 58.3 Å². The Kier molecular flexibility index (Phi) is 9.49. The standard InChI is InChI=1S/C22H43N5O2/c1-23-21(24-10-6-15-28-17-20-7-16-29-18-20)25-19-22(8-13-26(2)14-9-22)27-11-4-3-5-12-27/h20H,3-19H2,1-2H3,(H2,23,24,25). The number of ether oxygens (including phenoxy) is 2. The van der Waals surface area contributed by atoms with Crippen LogP contribution in [0.1, 0.15) is 44.9 Å². The minimum absolute atomic E-state index is 0.275. The zero-order valence-electron chi connectivity index (χ0n) is 18.8. The van der Waals surface area contributed by atoms with Gasteiger partial charge in [-0.15, -0.1) is 0 Å². The molecule has 7 nitrogen and oxygen atoms in total. The van der Waals surface area contributed by atoms with Crippen LogP contribution >= 0.6 is 0 Å². The molecular weight excluding hydrogens is 366 g/mol. The summed E-state index contributed by atoms with van der Waals surface area (Å²) in [5, 5.41) is 7.12. The number of hydrogen-bond acceptors (Lipinski definition) is 5. The van der Waals surface area contributed by atoms with Gasteiger partial charge in [0, 0.05) is 44.8 Å². The molecule has 2 N–H and O–H groups in total. The first kappa shape index (κ1) is 22.8. The van der Waals surface area contributed by atoms with Gasteiger partial charge in [-0.1, -0.05) is 6.42 Å². The third-order valence-corrected chi connectivity index (χ3v) is 6.89. The average Bonchev–Trinajstić information content (AvgIpc) is 3.28. The van der Waals surface area contributed by atoms with E-state index in [1.54, 1.807) is 0 Å². The summed E-state index contributed by atoms with van der Waals surface area (Å²) in [6.07, 6.45) is 8.70. The molecular formula is C22H43N5O2. The number of aliphatic imine (C=N–C) groups is 1. The monoisotopic (exact) mass is 409 g/mol. The molecule has 1 atom stereocenters. The normalized spacial score (nSPS) is 26.6. The fraction of sp³-hybridized carbons (Fsp3) is 0.955. The maximum absolute atomic E-state index is 5.80. The molecule has 0 spiro atoms. The number of nitrogens with zero attached hydrogens (tertiary/aromatic N) is 3. The molecule has 7 heteroatoms. The first-order valence-electron chi connectivity index (χ1n) is 11.8. The molecule has 29 heavy (non-hydrogen) atoms. The third-order valence-electron chi connectivity index (χ3n) is 6.89. The van der Waals surface area contributed by atoms with Gasteiger partial charge < -0.3 is 25.0 Å². The molecule has 0 aromatic heterocycles. The van der Waals surface area contributed by atoms with Crippen molar-refractivity contribution < 1.29 is 9.47 Å². The molecule has 3 heterocycles. The third kappa shape index (κ3) is 7.09. The van der Waals surface area contributed by atoms with Crippen LogP contribution in [-0.2, 0) is 9.47 Å².